The first-order valence-electron chi connectivity index (χ1n) is 5.15. The molecule has 3 N–H and O–H groups in total. The van der Waals surface area contributed by atoms with Crippen LogP contribution in [0.1, 0.15) is 5.56 Å². The minimum absolute atomic E-state index is 0.316. The third-order valence-corrected chi connectivity index (χ3v) is 2.76. The summed E-state index contributed by atoms with van der Waals surface area (Å²) in [5.74, 6) is -1.23. The summed E-state index contributed by atoms with van der Waals surface area (Å²) >= 11 is 3.25. The molecule has 1 aromatic carbocycles. The van der Waals surface area contributed by atoms with Crippen molar-refractivity contribution >= 4 is 27.4 Å². The number of halogens is 3. The lowest BCUT2D eigenvalue weighted by molar-refractivity contribution is 0.507. The summed E-state index contributed by atoms with van der Waals surface area (Å²) in [7, 11) is 0. The Hall–Kier alpha value is -1.69. The van der Waals surface area contributed by atoms with Crippen LogP contribution in [0.4, 0.5) is 20.3 Å². The van der Waals surface area contributed by atoms with E-state index in [2.05, 4.69) is 26.2 Å². The molecule has 3 nitrogen and oxygen atoms in total. The van der Waals surface area contributed by atoms with Gasteiger partial charge in [-0.1, -0.05) is 6.07 Å². The van der Waals surface area contributed by atoms with Crippen molar-refractivity contribution in [2.24, 2.45) is 0 Å². The zero-order valence-corrected chi connectivity index (χ0v) is 10.8. The predicted octanol–water partition coefficient (Wildman–Crippen LogP) is 3.32. The van der Waals surface area contributed by atoms with E-state index in [0.717, 1.165) is 16.6 Å². The molecule has 0 fully saturated rings. The van der Waals surface area contributed by atoms with Crippen LogP contribution in [0.25, 0.3) is 0 Å². The van der Waals surface area contributed by atoms with Gasteiger partial charge in [0.1, 0.15) is 5.82 Å². The summed E-state index contributed by atoms with van der Waals surface area (Å²) in [6.45, 7) is 0.316. The van der Waals surface area contributed by atoms with Crippen molar-refractivity contribution in [1.82, 2.24) is 4.98 Å². The number of aromatic nitrogens is 1. The molecule has 6 heteroatoms. The number of rotatable bonds is 3. The van der Waals surface area contributed by atoms with Gasteiger partial charge in [-0.2, -0.15) is 0 Å². The van der Waals surface area contributed by atoms with E-state index in [1.54, 1.807) is 12.3 Å². The summed E-state index contributed by atoms with van der Waals surface area (Å²) in [6, 6.07) is 5.43. The van der Waals surface area contributed by atoms with Gasteiger partial charge in [-0.25, -0.2) is 13.8 Å². The molecule has 1 heterocycles. The molecule has 0 atom stereocenters. The molecule has 0 saturated heterocycles. The maximum absolute atomic E-state index is 13.0. The average Bonchev–Trinajstić information content (AvgIpc) is 2.32. The van der Waals surface area contributed by atoms with Crippen molar-refractivity contribution < 1.29 is 8.78 Å². The Morgan fingerprint density at radius 3 is 2.67 bits per heavy atom. The maximum atomic E-state index is 13.0. The number of hydrogen-bond acceptors (Lipinski definition) is 3. The van der Waals surface area contributed by atoms with Crippen LogP contribution in [0.5, 0.6) is 0 Å². The van der Waals surface area contributed by atoms with Crippen LogP contribution in [0.15, 0.2) is 34.9 Å². The minimum atomic E-state index is -0.869. The fourth-order valence-electron chi connectivity index (χ4n) is 1.44. The van der Waals surface area contributed by atoms with E-state index in [1.165, 1.54) is 6.07 Å². The molecule has 0 unspecified atom stereocenters. The first kappa shape index (κ1) is 12.8. The fraction of sp³-hybridized carbons (Fsp3) is 0.0833. The number of benzene rings is 1. The molecule has 0 radical (unpaired) electrons. The third-order valence-electron chi connectivity index (χ3n) is 2.33. The van der Waals surface area contributed by atoms with Crippen LogP contribution >= 0.6 is 15.9 Å². The second kappa shape index (κ2) is 5.30. The Balaban J connectivity index is 2.09. The topological polar surface area (TPSA) is 50.9 Å². The fourth-order valence-corrected chi connectivity index (χ4v) is 1.79. The summed E-state index contributed by atoms with van der Waals surface area (Å²) < 4.78 is 26.5. The average molecular weight is 314 g/mol. The van der Waals surface area contributed by atoms with Crippen LogP contribution in [0.2, 0.25) is 0 Å². The minimum Gasteiger partial charge on any atom is -0.396 e. The van der Waals surface area contributed by atoms with Gasteiger partial charge in [-0.3, -0.25) is 0 Å². The molecule has 2 rings (SSSR count). The van der Waals surface area contributed by atoms with E-state index in [0.29, 0.717) is 23.6 Å². The predicted molar refractivity (Wildman–Crippen MR) is 70.0 cm³/mol. The highest BCUT2D eigenvalue weighted by Gasteiger charge is 2.04. The Morgan fingerprint density at radius 1 is 1.22 bits per heavy atom. The smallest absolute Gasteiger partial charge is 0.159 e. The zero-order valence-electron chi connectivity index (χ0n) is 9.25. The number of hydrogen-bond donors (Lipinski definition) is 2. The third kappa shape index (κ3) is 2.95. The molecule has 94 valence electrons. The molecule has 0 aliphatic heterocycles. The quantitative estimate of drug-likeness (QED) is 0.914. The first-order chi connectivity index (χ1) is 8.56. The van der Waals surface area contributed by atoms with Crippen molar-refractivity contribution in [1.29, 1.82) is 0 Å². The molecule has 0 aliphatic rings. The van der Waals surface area contributed by atoms with Crippen LogP contribution in [0.3, 0.4) is 0 Å². The van der Waals surface area contributed by atoms with Gasteiger partial charge < -0.3 is 11.1 Å². The standard InChI is InChI=1S/C12H10BrF2N3/c13-8-4-11(16)12(18-6-8)17-5-7-1-2-9(14)10(15)3-7/h1-4,6H,5,16H2,(H,17,18). The van der Waals surface area contributed by atoms with Gasteiger partial charge in [0.25, 0.3) is 0 Å². The van der Waals surface area contributed by atoms with Crippen molar-refractivity contribution in [3.8, 4) is 0 Å². The van der Waals surface area contributed by atoms with Gasteiger partial charge in [0.05, 0.1) is 5.69 Å². The highest BCUT2D eigenvalue weighted by molar-refractivity contribution is 9.10. The number of nitrogens with zero attached hydrogens (tertiary/aromatic N) is 1. The lowest BCUT2D eigenvalue weighted by Gasteiger charge is -2.08. The second-order valence-corrected chi connectivity index (χ2v) is 4.61. The molecule has 0 amide bonds. The first-order valence-corrected chi connectivity index (χ1v) is 5.94. The molecule has 0 aliphatic carbocycles. The van der Waals surface area contributed by atoms with Crippen molar-refractivity contribution in [2.45, 2.75) is 6.54 Å². The number of pyridine rings is 1. The Labute approximate surface area is 111 Å². The Morgan fingerprint density at radius 2 is 2.00 bits per heavy atom. The largest absolute Gasteiger partial charge is 0.396 e. The van der Waals surface area contributed by atoms with Crippen molar-refractivity contribution in [2.75, 3.05) is 11.1 Å². The van der Waals surface area contributed by atoms with E-state index in [-0.39, 0.29) is 0 Å². The SMILES string of the molecule is Nc1cc(Br)cnc1NCc1ccc(F)c(F)c1. The van der Waals surface area contributed by atoms with Gasteiger partial charge in [0, 0.05) is 17.2 Å². The summed E-state index contributed by atoms with van der Waals surface area (Å²) in [5.41, 5.74) is 6.84. The van der Waals surface area contributed by atoms with E-state index >= 15 is 0 Å². The monoisotopic (exact) mass is 313 g/mol. The number of nitrogen functional groups attached to an aromatic ring is 1. The van der Waals surface area contributed by atoms with Gasteiger partial charge >= 0.3 is 0 Å². The molecular weight excluding hydrogens is 304 g/mol. The lowest BCUT2D eigenvalue weighted by Crippen LogP contribution is -2.05. The second-order valence-electron chi connectivity index (χ2n) is 3.69. The molecule has 1 aromatic heterocycles. The van der Waals surface area contributed by atoms with Crippen LogP contribution < -0.4 is 11.1 Å². The van der Waals surface area contributed by atoms with E-state index in [4.69, 9.17) is 5.73 Å². The number of nitrogens with one attached hydrogen (secondary N) is 1. The van der Waals surface area contributed by atoms with E-state index in [1.807, 2.05) is 0 Å². The summed E-state index contributed by atoms with van der Waals surface area (Å²) in [4.78, 5) is 4.08. The van der Waals surface area contributed by atoms with Gasteiger partial charge in [-0.15, -0.1) is 0 Å². The Kier molecular flexibility index (Phi) is 3.76. The molecule has 0 spiro atoms. The zero-order chi connectivity index (χ0) is 13.1. The normalized spacial score (nSPS) is 10.4. The van der Waals surface area contributed by atoms with Gasteiger partial charge in [-0.05, 0) is 39.7 Å². The summed E-state index contributed by atoms with van der Waals surface area (Å²) in [6.07, 6.45) is 1.60. The highest BCUT2D eigenvalue weighted by atomic mass is 79.9. The molecule has 2 aromatic rings. The summed E-state index contributed by atoms with van der Waals surface area (Å²) in [5, 5.41) is 2.96. The maximum Gasteiger partial charge on any atom is 0.159 e. The van der Waals surface area contributed by atoms with Crippen molar-refractivity contribution in [3.05, 3.63) is 52.1 Å². The van der Waals surface area contributed by atoms with Crippen LogP contribution in [0, 0.1) is 11.6 Å². The molecule has 0 bridgehead atoms. The van der Waals surface area contributed by atoms with Crippen molar-refractivity contribution in [3.63, 3.8) is 0 Å². The van der Waals surface area contributed by atoms with E-state index < -0.39 is 11.6 Å². The van der Waals surface area contributed by atoms with Crippen LogP contribution in [-0.2, 0) is 6.54 Å². The number of anilines is 2. The van der Waals surface area contributed by atoms with E-state index in [9.17, 15) is 8.78 Å². The van der Waals surface area contributed by atoms with Gasteiger partial charge in [0.15, 0.2) is 11.6 Å². The highest BCUT2D eigenvalue weighted by Crippen LogP contribution is 2.20. The molecule has 18 heavy (non-hydrogen) atoms. The lowest BCUT2D eigenvalue weighted by atomic mass is 10.2. The molecule has 0 saturated carbocycles. The molecular formula is C12H10BrF2N3. The van der Waals surface area contributed by atoms with Gasteiger partial charge in [0.2, 0.25) is 0 Å². The van der Waals surface area contributed by atoms with Crippen LogP contribution in [-0.4, -0.2) is 4.98 Å². The number of nitrogens with two attached hydrogens (primary N) is 1. The Bertz CT molecular complexity index is 575.